The fourth-order valence-electron chi connectivity index (χ4n) is 1.77. The Hall–Kier alpha value is -1.83. The molecule has 0 radical (unpaired) electrons. The van der Waals surface area contributed by atoms with Crippen LogP contribution in [-0.4, -0.2) is 5.97 Å². The molecule has 0 aliphatic heterocycles. The zero-order valence-electron chi connectivity index (χ0n) is 13.4. The van der Waals surface area contributed by atoms with E-state index in [-0.39, 0.29) is 11.9 Å². The van der Waals surface area contributed by atoms with Gasteiger partial charge in [-0.05, 0) is 39.0 Å². The van der Waals surface area contributed by atoms with Crippen molar-refractivity contribution in [2.75, 3.05) is 0 Å². The quantitative estimate of drug-likeness (QED) is 0.165. The number of carbonyl (C=O) groups is 1. The van der Waals surface area contributed by atoms with Gasteiger partial charge in [-0.2, -0.15) is 0 Å². The number of unbranched alkanes of at least 4 members (excludes halogenated alkanes) is 1. The molecule has 0 amide bonds. The highest BCUT2D eigenvalue weighted by atomic mass is 16.5. The van der Waals surface area contributed by atoms with Crippen molar-refractivity contribution in [3.8, 4) is 0 Å². The molecule has 0 aromatic carbocycles. The summed E-state index contributed by atoms with van der Waals surface area (Å²) in [5.74, 6) is 0.0237. The van der Waals surface area contributed by atoms with Gasteiger partial charge in [0.15, 0.2) is 0 Å². The molecule has 0 N–H and O–H groups in total. The monoisotopic (exact) mass is 288 g/mol. The second-order valence-electron chi connectivity index (χ2n) is 4.87. The molecule has 0 aliphatic rings. The van der Waals surface area contributed by atoms with E-state index in [1.165, 1.54) is 0 Å². The normalized spacial score (nSPS) is 13.0. The molecular weight excluding hydrogens is 260 g/mol. The van der Waals surface area contributed by atoms with E-state index in [0.717, 1.165) is 32.1 Å². The summed E-state index contributed by atoms with van der Waals surface area (Å²) in [5, 5.41) is 0. The molecule has 2 nitrogen and oxygen atoms in total. The lowest BCUT2D eigenvalue weighted by Crippen LogP contribution is -2.15. The van der Waals surface area contributed by atoms with Gasteiger partial charge < -0.3 is 4.74 Å². The van der Waals surface area contributed by atoms with Gasteiger partial charge in [0.1, 0.15) is 0 Å². The summed E-state index contributed by atoms with van der Waals surface area (Å²) >= 11 is 0. The van der Waals surface area contributed by atoms with Crippen molar-refractivity contribution in [3.63, 3.8) is 0 Å². The summed E-state index contributed by atoms with van der Waals surface area (Å²) in [4.78, 5) is 12.0. The minimum Gasteiger partial charge on any atom is -0.432 e. The van der Waals surface area contributed by atoms with Crippen molar-refractivity contribution < 1.29 is 9.53 Å². The van der Waals surface area contributed by atoms with E-state index in [1.807, 2.05) is 18.2 Å². The number of esters is 1. The molecule has 0 saturated carbocycles. The molecule has 0 aromatic rings. The highest BCUT2D eigenvalue weighted by molar-refractivity contribution is 5.75. The third kappa shape index (κ3) is 11.7. The average molecular weight is 288 g/mol. The molecular formula is C19H28O2. The van der Waals surface area contributed by atoms with E-state index in [2.05, 4.69) is 38.3 Å². The van der Waals surface area contributed by atoms with Crippen molar-refractivity contribution in [1.82, 2.24) is 0 Å². The second kappa shape index (κ2) is 13.2. The minimum atomic E-state index is -0.217. The fourth-order valence-corrected chi connectivity index (χ4v) is 1.77. The maximum Gasteiger partial charge on any atom is 0.317 e. The number of allylic oxidation sites excluding steroid dienone is 7. The Morgan fingerprint density at radius 1 is 1.24 bits per heavy atom. The van der Waals surface area contributed by atoms with Crippen LogP contribution < -0.4 is 0 Å². The molecule has 1 unspecified atom stereocenters. The Kier molecular flexibility index (Phi) is 12.0. The van der Waals surface area contributed by atoms with Crippen molar-refractivity contribution in [2.45, 2.75) is 46.0 Å². The van der Waals surface area contributed by atoms with Crippen molar-refractivity contribution in [2.24, 2.45) is 5.92 Å². The summed E-state index contributed by atoms with van der Waals surface area (Å²) in [6.45, 7) is 11.0. The molecule has 0 rings (SSSR count). The Morgan fingerprint density at radius 3 is 2.62 bits per heavy atom. The summed E-state index contributed by atoms with van der Waals surface area (Å²) in [6.07, 6.45) is 18.5. The van der Waals surface area contributed by atoms with E-state index in [0.29, 0.717) is 5.76 Å². The van der Waals surface area contributed by atoms with Gasteiger partial charge >= 0.3 is 5.97 Å². The van der Waals surface area contributed by atoms with E-state index in [1.54, 1.807) is 13.0 Å². The molecule has 0 saturated heterocycles. The number of hydrogen-bond donors (Lipinski definition) is 0. The predicted octanol–water partition coefficient (Wildman–Crippen LogP) is 5.50. The van der Waals surface area contributed by atoms with Crippen LogP contribution in [0.25, 0.3) is 0 Å². The summed E-state index contributed by atoms with van der Waals surface area (Å²) in [5.41, 5.74) is 0. The Morgan fingerprint density at radius 2 is 2.00 bits per heavy atom. The summed E-state index contributed by atoms with van der Waals surface area (Å²) in [7, 11) is 0. The Bertz CT molecular complexity index is 400. The van der Waals surface area contributed by atoms with E-state index >= 15 is 0 Å². The van der Waals surface area contributed by atoms with Crippen LogP contribution in [-0.2, 0) is 9.53 Å². The van der Waals surface area contributed by atoms with Crippen molar-refractivity contribution >= 4 is 5.97 Å². The molecule has 21 heavy (non-hydrogen) atoms. The van der Waals surface area contributed by atoms with Crippen LogP contribution in [0.5, 0.6) is 0 Å². The van der Waals surface area contributed by atoms with Gasteiger partial charge in [-0.1, -0.05) is 62.6 Å². The van der Waals surface area contributed by atoms with E-state index in [4.69, 9.17) is 4.74 Å². The molecule has 116 valence electrons. The van der Waals surface area contributed by atoms with Gasteiger partial charge in [0.05, 0.1) is 11.7 Å². The maximum absolute atomic E-state index is 12.0. The number of hydrogen-bond acceptors (Lipinski definition) is 2. The van der Waals surface area contributed by atoms with Gasteiger partial charge in [-0.25, -0.2) is 0 Å². The third-order valence-electron chi connectivity index (χ3n) is 2.78. The molecule has 0 bridgehead atoms. The largest absolute Gasteiger partial charge is 0.432 e. The Labute approximate surface area is 129 Å². The Balaban J connectivity index is 4.42. The highest BCUT2D eigenvalue weighted by Gasteiger charge is 2.16. The minimum absolute atomic E-state index is 0.200. The molecule has 0 aliphatic carbocycles. The van der Waals surface area contributed by atoms with Crippen LogP contribution in [0.3, 0.4) is 0 Å². The highest BCUT2D eigenvalue weighted by Crippen LogP contribution is 2.15. The zero-order valence-corrected chi connectivity index (χ0v) is 13.4. The fraction of sp³-hybridized carbons (Fsp3) is 0.421. The van der Waals surface area contributed by atoms with Gasteiger partial charge in [0.2, 0.25) is 0 Å². The first-order valence-electron chi connectivity index (χ1n) is 7.58. The molecule has 1 atom stereocenters. The van der Waals surface area contributed by atoms with Crippen molar-refractivity contribution in [1.29, 1.82) is 0 Å². The molecule has 0 aromatic heterocycles. The predicted molar refractivity (Wildman–Crippen MR) is 90.8 cm³/mol. The third-order valence-corrected chi connectivity index (χ3v) is 2.78. The van der Waals surface area contributed by atoms with Crippen LogP contribution >= 0.6 is 0 Å². The lowest BCUT2D eigenvalue weighted by atomic mass is 10.0. The molecule has 0 heterocycles. The van der Waals surface area contributed by atoms with Crippen LogP contribution in [0.2, 0.25) is 0 Å². The number of carbonyl (C=O) groups excluding carboxylic acids is 1. The number of rotatable bonds is 11. The van der Waals surface area contributed by atoms with Gasteiger partial charge in [0.25, 0.3) is 0 Å². The maximum atomic E-state index is 12.0. The first-order valence-corrected chi connectivity index (χ1v) is 7.58. The van der Waals surface area contributed by atoms with E-state index < -0.39 is 0 Å². The van der Waals surface area contributed by atoms with Crippen LogP contribution in [0.1, 0.15) is 46.0 Å². The molecule has 0 spiro atoms. The van der Waals surface area contributed by atoms with Crippen LogP contribution in [0, 0.1) is 5.92 Å². The van der Waals surface area contributed by atoms with Crippen LogP contribution in [0.4, 0.5) is 0 Å². The van der Waals surface area contributed by atoms with Crippen LogP contribution in [0.15, 0.2) is 61.4 Å². The van der Waals surface area contributed by atoms with Gasteiger partial charge in [-0.15, -0.1) is 0 Å². The lowest BCUT2D eigenvalue weighted by molar-refractivity contribution is -0.142. The van der Waals surface area contributed by atoms with E-state index in [9.17, 15) is 4.79 Å². The number of ether oxygens (including phenoxy) is 1. The first kappa shape index (κ1) is 19.2. The topological polar surface area (TPSA) is 26.3 Å². The average Bonchev–Trinajstić information content (AvgIpc) is 2.43. The van der Waals surface area contributed by atoms with Gasteiger partial charge in [-0.3, -0.25) is 4.79 Å². The second-order valence-corrected chi connectivity index (χ2v) is 4.87. The first-order chi connectivity index (χ1) is 10.1. The van der Waals surface area contributed by atoms with Crippen molar-refractivity contribution in [3.05, 3.63) is 61.4 Å². The summed E-state index contributed by atoms with van der Waals surface area (Å²) < 4.78 is 5.13. The van der Waals surface area contributed by atoms with Gasteiger partial charge in [0, 0.05) is 0 Å². The molecule has 0 fully saturated rings. The standard InChI is InChI=1S/C19H28O2/c1-5-7-9-11-13-15-18(19(20)21-17(3)4)16-14-12-10-8-6-2/h5,7-10,14,16,18H,1,3,6,11-13,15H2,2,4H3. The molecule has 2 heteroatoms. The smallest absolute Gasteiger partial charge is 0.317 e. The zero-order chi connectivity index (χ0) is 15.9. The SMILES string of the molecule is C=CC=CCCCC(C=CCC=CCC)C(=O)OC(=C)C. The summed E-state index contributed by atoms with van der Waals surface area (Å²) in [6, 6.07) is 0. The lowest BCUT2D eigenvalue weighted by Gasteiger charge is -2.11.